The van der Waals surface area contributed by atoms with E-state index in [1.165, 1.54) is 0 Å². The van der Waals surface area contributed by atoms with Crippen molar-refractivity contribution in [1.29, 1.82) is 0 Å². The maximum atomic E-state index is 12.2. The van der Waals surface area contributed by atoms with E-state index in [1.54, 1.807) is 10.6 Å². The first-order chi connectivity index (χ1) is 7.63. The molecule has 1 aliphatic carbocycles. The second kappa shape index (κ2) is 4.37. The van der Waals surface area contributed by atoms with Crippen molar-refractivity contribution in [3.63, 3.8) is 0 Å². The number of aromatic nitrogens is 2. The quantitative estimate of drug-likeness (QED) is 0.631. The zero-order valence-electron chi connectivity index (χ0n) is 9.45. The molecule has 1 atom stereocenters. The summed E-state index contributed by atoms with van der Waals surface area (Å²) in [6, 6.07) is 0. The van der Waals surface area contributed by atoms with Gasteiger partial charge in [-0.1, -0.05) is 13.0 Å². The molecule has 2 rings (SSSR count). The Morgan fingerprint density at radius 2 is 2.44 bits per heavy atom. The Hall–Kier alpha value is -1.16. The third-order valence-corrected chi connectivity index (χ3v) is 3.44. The molecule has 0 amide bonds. The smallest absolute Gasteiger partial charge is 0.258 e. The van der Waals surface area contributed by atoms with Crippen LogP contribution in [0.25, 0.3) is 0 Å². The van der Waals surface area contributed by atoms with Gasteiger partial charge in [-0.15, -0.1) is 6.58 Å². The number of nitrogens with zero attached hydrogens (tertiary/aromatic N) is 1. The van der Waals surface area contributed by atoms with E-state index in [2.05, 4.69) is 18.5 Å². The zero-order chi connectivity index (χ0) is 11.7. The highest BCUT2D eigenvalue weighted by Crippen LogP contribution is 2.20. The number of rotatable bonds is 2. The molecule has 0 aliphatic heterocycles. The van der Waals surface area contributed by atoms with Gasteiger partial charge in [-0.25, -0.2) is 0 Å². The molecule has 1 aromatic rings. The first-order valence-corrected chi connectivity index (χ1v) is 6.00. The third kappa shape index (κ3) is 1.89. The van der Waals surface area contributed by atoms with Crippen LogP contribution < -0.4 is 5.56 Å². The lowest BCUT2D eigenvalue weighted by Gasteiger charge is -2.21. The van der Waals surface area contributed by atoms with Crippen molar-refractivity contribution < 1.29 is 0 Å². The van der Waals surface area contributed by atoms with E-state index in [0.29, 0.717) is 17.2 Å². The molecule has 3 nitrogen and oxygen atoms in total. The lowest BCUT2D eigenvalue weighted by atomic mass is 9.88. The Bertz CT molecular complexity index is 527. The summed E-state index contributed by atoms with van der Waals surface area (Å²) in [4.78, 5) is 15.4. The molecule has 1 heterocycles. The summed E-state index contributed by atoms with van der Waals surface area (Å²) < 4.78 is 2.09. The van der Waals surface area contributed by atoms with Crippen molar-refractivity contribution in [3.8, 4) is 0 Å². The Morgan fingerprint density at radius 3 is 3.12 bits per heavy atom. The molecule has 1 aliphatic rings. The summed E-state index contributed by atoms with van der Waals surface area (Å²) in [5, 5.41) is 0. The van der Waals surface area contributed by atoms with E-state index in [0.717, 1.165) is 30.5 Å². The van der Waals surface area contributed by atoms with Gasteiger partial charge in [0, 0.05) is 17.8 Å². The summed E-state index contributed by atoms with van der Waals surface area (Å²) in [6.45, 7) is 6.31. The highest BCUT2D eigenvalue weighted by atomic mass is 32.1. The topological polar surface area (TPSA) is 37.8 Å². The molecule has 1 aromatic heterocycles. The van der Waals surface area contributed by atoms with Crippen LogP contribution >= 0.6 is 12.2 Å². The van der Waals surface area contributed by atoms with Gasteiger partial charge in [0.2, 0.25) is 0 Å². The average molecular weight is 236 g/mol. The molecule has 0 spiro atoms. The molecule has 16 heavy (non-hydrogen) atoms. The van der Waals surface area contributed by atoms with E-state index >= 15 is 0 Å². The number of aromatic amines is 1. The molecule has 0 bridgehead atoms. The highest BCUT2D eigenvalue weighted by molar-refractivity contribution is 7.71. The van der Waals surface area contributed by atoms with Crippen LogP contribution in [0.15, 0.2) is 17.4 Å². The number of fused-ring (bicyclic) bond motifs is 1. The number of nitrogens with one attached hydrogen (secondary N) is 1. The molecule has 1 unspecified atom stereocenters. The minimum Gasteiger partial charge on any atom is -0.335 e. The molecule has 4 heteroatoms. The van der Waals surface area contributed by atoms with Crippen LogP contribution in [0.5, 0.6) is 0 Å². The van der Waals surface area contributed by atoms with Gasteiger partial charge >= 0.3 is 0 Å². The standard InChI is InChI=1S/C12H16N2OS/c1-3-6-14-11(15)9-7-8(2)4-5-10(9)13-12(14)16/h3,8H,1,4-7H2,2H3,(H,13,16). The normalized spacial score (nSPS) is 19.2. The molecular formula is C12H16N2OS. The molecule has 1 N–H and O–H groups in total. The van der Waals surface area contributed by atoms with Crippen molar-refractivity contribution in [2.75, 3.05) is 0 Å². The Balaban J connectivity index is 2.61. The maximum Gasteiger partial charge on any atom is 0.258 e. The van der Waals surface area contributed by atoms with Crippen LogP contribution in [-0.2, 0) is 19.4 Å². The number of H-pyrrole nitrogens is 1. The first-order valence-electron chi connectivity index (χ1n) is 5.59. The monoisotopic (exact) mass is 236 g/mol. The second-order valence-corrected chi connectivity index (χ2v) is 4.83. The number of hydrogen-bond acceptors (Lipinski definition) is 2. The summed E-state index contributed by atoms with van der Waals surface area (Å²) in [5.41, 5.74) is 2.01. The van der Waals surface area contributed by atoms with Crippen LogP contribution in [0.2, 0.25) is 0 Å². The number of aryl methyl sites for hydroxylation is 1. The predicted molar refractivity (Wildman–Crippen MR) is 67.3 cm³/mol. The van der Waals surface area contributed by atoms with Gasteiger partial charge in [-0.05, 0) is 37.4 Å². The Labute approximate surface area is 99.8 Å². The molecule has 86 valence electrons. The van der Waals surface area contributed by atoms with Crippen LogP contribution in [0.3, 0.4) is 0 Å². The fraction of sp³-hybridized carbons (Fsp3) is 0.500. The fourth-order valence-corrected chi connectivity index (χ4v) is 2.50. The van der Waals surface area contributed by atoms with E-state index in [4.69, 9.17) is 12.2 Å². The molecule has 0 saturated heterocycles. The van der Waals surface area contributed by atoms with Crippen LogP contribution in [0.4, 0.5) is 0 Å². The van der Waals surface area contributed by atoms with Gasteiger partial charge in [0.25, 0.3) is 5.56 Å². The minimum absolute atomic E-state index is 0.0604. The van der Waals surface area contributed by atoms with Crippen molar-refractivity contribution in [1.82, 2.24) is 9.55 Å². The van der Waals surface area contributed by atoms with Gasteiger partial charge in [0.1, 0.15) is 0 Å². The lowest BCUT2D eigenvalue weighted by molar-refractivity contribution is 0.482. The number of hydrogen-bond donors (Lipinski definition) is 1. The minimum atomic E-state index is 0.0604. The van der Waals surface area contributed by atoms with Crippen molar-refractivity contribution in [3.05, 3.63) is 39.0 Å². The molecule has 0 fully saturated rings. The largest absolute Gasteiger partial charge is 0.335 e. The average Bonchev–Trinajstić information content (AvgIpc) is 2.26. The molecule has 0 saturated carbocycles. The fourth-order valence-electron chi connectivity index (χ4n) is 2.22. The molecule has 0 aromatic carbocycles. The Kier molecular flexibility index (Phi) is 3.10. The molecular weight excluding hydrogens is 220 g/mol. The van der Waals surface area contributed by atoms with Gasteiger partial charge < -0.3 is 4.98 Å². The van der Waals surface area contributed by atoms with Gasteiger partial charge in [0.15, 0.2) is 4.77 Å². The van der Waals surface area contributed by atoms with Gasteiger partial charge in [0.05, 0.1) is 0 Å². The summed E-state index contributed by atoms with van der Waals surface area (Å²) in [6.07, 6.45) is 4.62. The lowest BCUT2D eigenvalue weighted by Crippen LogP contribution is -2.30. The van der Waals surface area contributed by atoms with E-state index in [-0.39, 0.29) is 5.56 Å². The number of allylic oxidation sites excluding steroid dienone is 1. The van der Waals surface area contributed by atoms with Crippen molar-refractivity contribution in [2.45, 2.75) is 32.7 Å². The van der Waals surface area contributed by atoms with E-state index in [1.807, 2.05) is 0 Å². The van der Waals surface area contributed by atoms with E-state index in [9.17, 15) is 4.79 Å². The predicted octanol–water partition coefficient (Wildman–Crippen LogP) is 2.22. The van der Waals surface area contributed by atoms with E-state index < -0.39 is 0 Å². The highest BCUT2D eigenvalue weighted by Gasteiger charge is 2.19. The SMILES string of the molecule is C=CCn1c(=S)[nH]c2c(c1=O)CC(C)CC2. The van der Waals surface area contributed by atoms with Gasteiger partial charge in [-0.3, -0.25) is 9.36 Å². The maximum absolute atomic E-state index is 12.2. The summed E-state index contributed by atoms with van der Waals surface area (Å²) >= 11 is 5.18. The van der Waals surface area contributed by atoms with Crippen LogP contribution in [0.1, 0.15) is 24.6 Å². The first kappa shape index (κ1) is 11.3. The third-order valence-electron chi connectivity index (χ3n) is 3.12. The van der Waals surface area contributed by atoms with Crippen LogP contribution in [-0.4, -0.2) is 9.55 Å². The van der Waals surface area contributed by atoms with Crippen molar-refractivity contribution in [2.24, 2.45) is 5.92 Å². The summed E-state index contributed by atoms with van der Waals surface area (Å²) in [5.74, 6) is 0.585. The summed E-state index contributed by atoms with van der Waals surface area (Å²) in [7, 11) is 0. The zero-order valence-corrected chi connectivity index (χ0v) is 10.3. The van der Waals surface area contributed by atoms with Gasteiger partial charge in [-0.2, -0.15) is 0 Å². The second-order valence-electron chi connectivity index (χ2n) is 4.44. The van der Waals surface area contributed by atoms with Crippen LogP contribution in [0, 0.1) is 10.7 Å². The molecule has 0 radical (unpaired) electrons. The Morgan fingerprint density at radius 1 is 1.69 bits per heavy atom. The van der Waals surface area contributed by atoms with Crippen molar-refractivity contribution >= 4 is 12.2 Å².